The molecule has 1 aliphatic rings. The van der Waals surface area contributed by atoms with E-state index in [1.807, 2.05) is 23.3 Å². The molecule has 0 unspecified atom stereocenters. The Hall–Kier alpha value is -1.72. The summed E-state index contributed by atoms with van der Waals surface area (Å²) in [5.74, 6) is 0.563. The molecule has 0 aliphatic carbocycles. The molecule has 3 heterocycles. The topological polar surface area (TPSA) is 54.2 Å². The molecule has 2 aromatic heterocycles. The van der Waals surface area contributed by atoms with Crippen molar-refractivity contribution in [1.29, 1.82) is 0 Å². The third kappa shape index (κ3) is 3.49. The van der Waals surface area contributed by atoms with Crippen molar-refractivity contribution in [2.24, 2.45) is 0 Å². The van der Waals surface area contributed by atoms with Crippen LogP contribution in [0.15, 0.2) is 36.8 Å². The quantitative estimate of drug-likeness (QED) is 0.908. The van der Waals surface area contributed by atoms with E-state index in [1.165, 1.54) is 11.3 Å². The molecule has 0 spiro atoms. The molecule has 0 bridgehead atoms. The molecule has 0 atom stereocenters. The fraction of sp³-hybridized carbons (Fsp3) is 0.500. The van der Waals surface area contributed by atoms with Crippen molar-refractivity contribution in [3.63, 3.8) is 0 Å². The number of aliphatic hydroxyl groups is 1. The molecule has 21 heavy (non-hydrogen) atoms. The standard InChI is InChI=1S/C16H22N4O/c21-12-11-20-16(3-8-18-20)15-4-9-19(10-5-15)13-14-1-6-17-7-2-14/h1-3,6-8,15,21H,4-5,9-13H2. The van der Waals surface area contributed by atoms with Crippen LogP contribution in [0.25, 0.3) is 0 Å². The van der Waals surface area contributed by atoms with Crippen LogP contribution < -0.4 is 0 Å². The molecule has 1 aliphatic heterocycles. The summed E-state index contributed by atoms with van der Waals surface area (Å²) in [6, 6.07) is 6.27. The molecule has 112 valence electrons. The van der Waals surface area contributed by atoms with E-state index in [9.17, 15) is 0 Å². The van der Waals surface area contributed by atoms with E-state index in [1.54, 1.807) is 0 Å². The largest absolute Gasteiger partial charge is 0.394 e. The number of rotatable bonds is 5. The second-order valence-electron chi connectivity index (χ2n) is 5.61. The van der Waals surface area contributed by atoms with Gasteiger partial charge in [-0.3, -0.25) is 14.6 Å². The van der Waals surface area contributed by atoms with Crippen LogP contribution in [0.5, 0.6) is 0 Å². The van der Waals surface area contributed by atoms with E-state index < -0.39 is 0 Å². The Balaban J connectivity index is 1.56. The van der Waals surface area contributed by atoms with Gasteiger partial charge in [0.25, 0.3) is 0 Å². The Bertz CT molecular complexity index is 546. The summed E-state index contributed by atoms with van der Waals surface area (Å²) in [7, 11) is 0. The lowest BCUT2D eigenvalue weighted by Crippen LogP contribution is -2.33. The average molecular weight is 286 g/mol. The minimum absolute atomic E-state index is 0.148. The highest BCUT2D eigenvalue weighted by atomic mass is 16.3. The number of pyridine rings is 1. The van der Waals surface area contributed by atoms with Gasteiger partial charge in [-0.2, -0.15) is 5.10 Å². The fourth-order valence-electron chi connectivity index (χ4n) is 3.10. The first-order valence-electron chi connectivity index (χ1n) is 7.60. The summed E-state index contributed by atoms with van der Waals surface area (Å²) in [4.78, 5) is 6.56. The molecule has 0 saturated carbocycles. The number of hydrogen-bond acceptors (Lipinski definition) is 4. The molecule has 5 heteroatoms. The Morgan fingerprint density at radius 1 is 1.10 bits per heavy atom. The predicted molar refractivity (Wildman–Crippen MR) is 80.8 cm³/mol. The molecule has 1 saturated heterocycles. The van der Waals surface area contributed by atoms with Crippen LogP contribution in [0.2, 0.25) is 0 Å². The maximum absolute atomic E-state index is 9.09. The first kappa shape index (κ1) is 14.2. The van der Waals surface area contributed by atoms with Crippen molar-refractivity contribution < 1.29 is 5.11 Å². The fourth-order valence-corrected chi connectivity index (χ4v) is 3.10. The average Bonchev–Trinajstić information content (AvgIpc) is 2.98. The lowest BCUT2D eigenvalue weighted by molar-refractivity contribution is 0.199. The van der Waals surface area contributed by atoms with Gasteiger partial charge in [0.2, 0.25) is 0 Å². The number of likely N-dealkylation sites (tertiary alicyclic amines) is 1. The molecule has 0 amide bonds. The van der Waals surface area contributed by atoms with Crippen molar-refractivity contribution in [3.05, 3.63) is 48.0 Å². The SMILES string of the molecule is OCCn1nccc1C1CCN(Cc2ccncc2)CC1. The molecule has 2 aromatic rings. The van der Waals surface area contributed by atoms with Crippen LogP contribution in [-0.2, 0) is 13.1 Å². The summed E-state index contributed by atoms with van der Waals surface area (Å²) in [6.45, 7) is 3.97. The third-order valence-corrected chi connectivity index (χ3v) is 4.22. The summed E-state index contributed by atoms with van der Waals surface area (Å²) in [5.41, 5.74) is 2.60. The highest BCUT2D eigenvalue weighted by Gasteiger charge is 2.23. The lowest BCUT2D eigenvalue weighted by atomic mass is 9.93. The zero-order chi connectivity index (χ0) is 14.5. The van der Waals surface area contributed by atoms with E-state index in [0.29, 0.717) is 12.5 Å². The number of hydrogen-bond donors (Lipinski definition) is 1. The highest BCUT2D eigenvalue weighted by Crippen LogP contribution is 2.28. The van der Waals surface area contributed by atoms with Crippen molar-refractivity contribution in [2.45, 2.75) is 31.8 Å². The minimum atomic E-state index is 0.148. The van der Waals surface area contributed by atoms with Crippen LogP contribution in [0.3, 0.4) is 0 Å². The van der Waals surface area contributed by atoms with Gasteiger partial charge in [0.1, 0.15) is 0 Å². The van der Waals surface area contributed by atoms with E-state index in [-0.39, 0.29) is 6.61 Å². The molecular weight excluding hydrogens is 264 g/mol. The van der Waals surface area contributed by atoms with Gasteiger partial charge < -0.3 is 5.11 Å². The maximum atomic E-state index is 9.09. The van der Waals surface area contributed by atoms with Crippen LogP contribution in [0.4, 0.5) is 0 Å². The number of nitrogens with zero attached hydrogens (tertiary/aromatic N) is 4. The van der Waals surface area contributed by atoms with Gasteiger partial charge in [0.15, 0.2) is 0 Å². The van der Waals surface area contributed by atoms with Gasteiger partial charge in [-0.15, -0.1) is 0 Å². The summed E-state index contributed by atoms with van der Waals surface area (Å²) in [6.07, 6.45) is 7.86. The summed E-state index contributed by atoms with van der Waals surface area (Å²) in [5, 5.41) is 13.4. The Morgan fingerprint density at radius 3 is 2.57 bits per heavy atom. The van der Waals surface area contributed by atoms with Crippen LogP contribution in [0, 0.1) is 0 Å². The Labute approximate surface area is 125 Å². The van der Waals surface area contributed by atoms with Crippen LogP contribution >= 0.6 is 0 Å². The predicted octanol–water partition coefficient (Wildman–Crippen LogP) is 1.65. The highest BCUT2D eigenvalue weighted by molar-refractivity contribution is 5.11. The molecule has 0 radical (unpaired) electrons. The monoisotopic (exact) mass is 286 g/mol. The van der Waals surface area contributed by atoms with Gasteiger partial charge >= 0.3 is 0 Å². The first-order chi connectivity index (χ1) is 10.4. The van der Waals surface area contributed by atoms with Gasteiger partial charge in [0, 0.05) is 36.7 Å². The third-order valence-electron chi connectivity index (χ3n) is 4.22. The molecule has 1 fully saturated rings. The van der Waals surface area contributed by atoms with E-state index in [4.69, 9.17) is 5.11 Å². The van der Waals surface area contributed by atoms with Gasteiger partial charge in [-0.25, -0.2) is 0 Å². The Kier molecular flexibility index (Phi) is 4.62. The first-order valence-corrected chi connectivity index (χ1v) is 7.60. The molecule has 3 rings (SSSR count). The zero-order valence-corrected chi connectivity index (χ0v) is 12.2. The van der Waals surface area contributed by atoms with Gasteiger partial charge in [-0.05, 0) is 49.7 Å². The van der Waals surface area contributed by atoms with Gasteiger partial charge in [0.05, 0.1) is 13.2 Å². The van der Waals surface area contributed by atoms with Crippen LogP contribution in [-0.4, -0.2) is 44.5 Å². The van der Waals surface area contributed by atoms with Crippen molar-refractivity contribution in [3.8, 4) is 0 Å². The smallest absolute Gasteiger partial charge is 0.0644 e. The molecular formula is C16H22N4O. The second kappa shape index (κ2) is 6.83. The minimum Gasteiger partial charge on any atom is -0.394 e. The normalized spacial score (nSPS) is 17.2. The van der Waals surface area contributed by atoms with E-state index in [2.05, 4.69) is 33.2 Å². The van der Waals surface area contributed by atoms with Crippen molar-refractivity contribution >= 4 is 0 Å². The molecule has 1 N–H and O–H groups in total. The number of piperidine rings is 1. The summed E-state index contributed by atoms with van der Waals surface area (Å²) < 4.78 is 1.95. The number of aliphatic hydroxyl groups excluding tert-OH is 1. The number of aromatic nitrogens is 3. The van der Waals surface area contributed by atoms with Crippen molar-refractivity contribution in [1.82, 2.24) is 19.7 Å². The lowest BCUT2D eigenvalue weighted by Gasteiger charge is -2.32. The zero-order valence-electron chi connectivity index (χ0n) is 12.2. The summed E-state index contributed by atoms with van der Waals surface area (Å²) >= 11 is 0. The molecule has 5 nitrogen and oxygen atoms in total. The van der Waals surface area contributed by atoms with Gasteiger partial charge in [-0.1, -0.05) is 0 Å². The second-order valence-corrected chi connectivity index (χ2v) is 5.61. The Morgan fingerprint density at radius 2 is 1.86 bits per heavy atom. The van der Waals surface area contributed by atoms with Crippen molar-refractivity contribution in [2.75, 3.05) is 19.7 Å². The van der Waals surface area contributed by atoms with Crippen LogP contribution in [0.1, 0.15) is 30.0 Å². The van der Waals surface area contributed by atoms with E-state index >= 15 is 0 Å². The molecule has 0 aromatic carbocycles. The maximum Gasteiger partial charge on any atom is 0.0644 e. The van der Waals surface area contributed by atoms with E-state index in [0.717, 1.165) is 32.5 Å².